The topological polar surface area (TPSA) is 90.6 Å². The van der Waals surface area contributed by atoms with E-state index in [1.54, 1.807) is 0 Å². The molecule has 4 N–H and O–H groups in total. The van der Waals surface area contributed by atoms with Gasteiger partial charge >= 0.3 is 0 Å². The third-order valence-electron chi connectivity index (χ3n) is 13.4. The molecular formula is C55H115N3O4. The van der Waals surface area contributed by atoms with Crippen LogP contribution in [0.15, 0.2) is 0 Å². The quantitative estimate of drug-likeness (QED) is 0.0453. The average molecular weight is 883 g/mol. The van der Waals surface area contributed by atoms with Crippen molar-refractivity contribution in [2.45, 2.75) is 297 Å². The Balaban J connectivity index is 5.36. The predicted octanol–water partition coefficient (Wildman–Crippen LogP) is 13.9. The molecule has 0 amide bonds. The van der Waals surface area contributed by atoms with Crippen LogP contribution in [0.5, 0.6) is 0 Å². The van der Waals surface area contributed by atoms with Gasteiger partial charge in [-0.25, -0.2) is 0 Å². The third-order valence-corrected chi connectivity index (χ3v) is 13.4. The van der Waals surface area contributed by atoms with Crippen LogP contribution in [-0.4, -0.2) is 118 Å². The first kappa shape index (κ1) is 61.7. The highest BCUT2D eigenvalue weighted by molar-refractivity contribution is 4.75. The Labute approximate surface area is 389 Å². The summed E-state index contributed by atoms with van der Waals surface area (Å²) in [6.45, 7) is 18.4. The molecule has 0 aromatic rings. The van der Waals surface area contributed by atoms with Gasteiger partial charge in [0.2, 0.25) is 0 Å². The molecular weight excluding hydrogens is 767 g/mol. The minimum absolute atomic E-state index is 0.356. The largest absolute Gasteiger partial charge is 0.392 e. The minimum Gasteiger partial charge on any atom is -0.392 e. The van der Waals surface area contributed by atoms with Gasteiger partial charge in [-0.15, -0.1) is 0 Å². The molecule has 0 aliphatic rings. The van der Waals surface area contributed by atoms with Crippen LogP contribution in [-0.2, 0) is 0 Å². The standard InChI is InChI=1S/C55H115N3O4/c1-6-11-15-19-23-27-31-35-39-52(59)48-57(49-53(60)40-36-32-28-24-20-16-12-7-2)46-44-56(43-10-5)45-47-58(50-54(61)41-37-33-29-25-21-17-13-8-3)51-55(62)42-38-34-30-26-22-18-14-9-4/h52-55,59-62H,6-51H2,1-5H3. The zero-order chi connectivity index (χ0) is 45.6. The number of hydrogen-bond acceptors (Lipinski definition) is 7. The SMILES string of the molecule is CCCCCCCCCCC(O)CN(CCN(CCC)CCN(CC(O)CCCCCCCCCC)CC(O)CCCCCCCCCC)CC(O)CCCCCCCCCC. The first-order chi connectivity index (χ1) is 30.3. The summed E-state index contributed by atoms with van der Waals surface area (Å²) in [4.78, 5) is 7.25. The Bertz CT molecular complexity index is 731. The van der Waals surface area contributed by atoms with Crippen molar-refractivity contribution in [3.8, 4) is 0 Å². The summed E-state index contributed by atoms with van der Waals surface area (Å²) in [6.07, 6.45) is 43.8. The van der Waals surface area contributed by atoms with Gasteiger partial charge in [-0.05, 0) is 38.6 Å². The van der Waals surface area contributed by atoms with E-state index in [0.29, 0.717) is 26.2 Å². The molecule has 0 saturated carbocycles. The highest BCUT2D eigenvalue weighted by Gasteiger charge is 2.20. The van der Waals surface area contributed by atoms with Gasteiger partial charge in [0.25, 0.3) is 0 Å². The molecule has 0 aromatic heterocycles. The second-order valence-electron chi connectivity index (χ2n) is 20.0. The molecule has 62 heavy (non-hydrogen) atoms. The second-order valence-corrected chi connectivity index (χ2v) is 20.0. The number of rotatable bonds is 52. The van der Waals surface area contributed by atoms with Crippen molar-refractivity contribution in [1.82, 2.24) is 14.7 Å². The zero-order valence-electron chi connectivity index (χ0n) is 43.0. The molecule has 0 fully saturated rings. The second kappa shape index (κ2) is 48.6. The van der Waals surface area contributed by atoms with Gasteiger partial charge in [0.05, 0.1) is 24.4 Å². The van der Waals surface area contributed by atoms with Gasteiger partial charge < -0.3 is 25.3 Å². The summed E-state index contributed by atoms with van der Waals surface area (Å²) in [7, 11) is 0. The van der Waals surface area contributed by atoms with Gasteiger partial charge in [0.1, 0.15) is 0 Å². The number of aliphatic hydroxyl groups is 4. The van der Waals surface area contributed by atoms with E-state index < -0.39 is 0 Å². The number of aliphatic hydroxyl groups excluding tert-OH is 4. The van der Waals surface area contributed by atoms with Crippen LogP contribution < -0.4 is 0 Å². The molecule has 374 valence electrons. The fourth-order valence-electron chi connectivity index (χ4n) is 9.34. The first-order valence-electron chi connectivity index (χ1n) is 28.2. The monoisotopic (exact) mass is 882 g/mol. The lowest BCUT2D eigenvalue weighted by atomic mass is 10.0. The van der Waals surface area contributed by atoms with Crippen LogP contribution in [0.1, 0.15) is 272 Å². The Morgan fingerprint density at radius 1 is 0.226 bits per heavy atom. The summed E-state index contributed by atoms with van der Waals surface area (Å²) in [5, 5.41) is 44.9. The van der Waals surface area contributed by atoms with Gasteiger partial charge in [0.15, 0.2) is 0 Å². The van der Waals surface area contributed by atoms with Crippen molar-refractivity contribution in [2.75, 3.05) is 58.9 Å². The lowest BCUT2D eigenvalue weighted by molar-refractivity contribution is 0.0466. The van der Waals surface area contributed by atoms with Crippen molar-refractivity contribution in [3.05, 3.63) is 0 Å². The van der Waals surface area contributed by atoms with Crippen LogP contribution in [0.3, 0.4) is 0 Å². The molecule has 4 unspecified atom stereocenters. The van der Waals surface area contributed by atoms with Gasteiger partial charge in [0, 0.05) is 52.4 Å². The molecule has 0 aliphatic carbocycles. The van der Waals surface area contributed by atoms with Crippen molar-refractivity contribution in [1.29, 1.82) is 0 Å². The predicted molar refractivity (Wildman–Crippen MR) is 273 cm³/mol. The number of unbranched alkanes of at least 4 members (excludes halogenated alkanes) is 28. The summed E-state index contributed by atoms with van der Waals surface area (Å²) in [5.41, 5.74) is 0. The van der Waals surface area contributed by atoms with Crippen LogP contribution >= 0.6 is 0 Å². The normalized spacial score (nSPS) is 14.1. The van der Waals surface area contributed by atoms with E-state index >= 15 is 0 Å². The molecule has 7 heteroatoms. The lowest BCUT2D eigenvalue weighted by Gasteiger charge is -2.33. The van der Waals surface area contributed by atoms with E-state index in [1.807, 2.05) is 0 Å². The van der Waals surface area contributed by atoms with Crippen LogP contribution in [0.25, 0.3) is 0 Å². The van der Waals surface area contributed by atoms with E-state index in [2.05, 4.69) is 49.3 Å². The number of nitrogens with zero attached hydrogens (tertiary/aromatic N) is 3. The number of hydrogen-bond donors (Lipinski definition) is 4. The molecule has 0 radical (unpaired) electrons. The smallest absolute Gasteiger partial charge is 0.0667 e. The molecule has 0 aliphatic heterocycles. The molecule has 0 rings (SSSR count). The van der Waals surface area contributed by atoms with E-state index in [4.69, 9.17) is 0 Å². The van der Waals surface area contributed by atoms with Crippen molar-refractivity contribution in [3.63, 3.8) is 0 Å². The lowest BCUT2D eigenvalue weighted by Crippen LogP contribution is -2.46. The average Bonchev–Trinajstić information content (AvgIpc) is 3.25. The molecule has 4 atom stereocenters. The highest BCUT2D eigenvalue weighted by Crippen LogP contribution is 2.16. The Kier molecular flexibility index (Phi) is 48.4. The third kappa shape index (κ3) is 43.6. The molecule has 0 heterocycles. The zero-order valence-corrected chi connectivity index (χ0v) is 43.0. The fraction of sp³-hybridized carbons (Fsp3) is 1.00. The Hall–Kier alpha value is -0.280. The summed E-state index contributed by atoms with van der Waals surface area (Å²) < 4.78 is 0. The van der Waals surface area contributed by atoms with Crippen molar-refractivity contribution in [2.24, 2.45) is 0 Å². The van der Waals surface area contributed by atoms with E-state index in [0.717, 1.165) is 90.5 Å². The Morgan fingerprint density at radius 3 is 0.629 bits per heavy atom. The fourth-order valence-corrected chi connectivity index (χ4v) is 9.34. The maximum atomic E-state index is 11.2. The van der Waals surface area contributed by atoms with Crippen LogP contribution in [0.4, 0.5) is 0 Å². The van der Waals surface area contributed by atoms with E-state index in [-0.39, 0.29) is 24.4 Å². The minimum atomic E-state index is -0.356. The van der Waals surface area contributed by atoms with Gasteiger partial charge in [-0.3, -0.25) is 9.80 Å². The molecule has 0 spiro atoms. The van der Waals surface area contributed by atoms with Crippen molar-refractivity contribution < 1.29 is 20.4 Å². The summed E-state index contributed by atoms with van der Waals surface area (Å²) in [6, 6.07) is 0. The Morgan fingerprint density at radius 2 is 0.419 bits per heavy atom. The van der Waals surface area contributed by atoms with E-state index in [1.165, 1.54) is 180 Å². The molecule has 0 aromatic carbocycles. The van der Waals surface area contributed by atoms with Gasteiger partial charge in [-0.1, -0.05) is 240 Å². The molecule has 0 saturated heterocycles. The van der Waals surface area contributed by atoms with Crippen LogP contribution in [0.2, 0.25) is 0 Å². The first-order valence-corrected chi connectivity index (χ1v) is 28.2. The van der Waals surface area contributed by atoms with Crippen LogP contribution in [0, 0.1) is 0 Å². The van der Waals surface area contributed by atoms with E-state index in [9.17, 15) is 20.4 Å². The maximum absolute atomic E-state index is 11.2. The maximum Gasteiger partial charge on any atom is 0.0667 e. The van der Waals surface area contributed by atoms with Gasteiger partial charge in [-0.2, -0.15) is 0 Å². The molecule has 0 bridgehead atoms. The summed E-state index contributed by atoms with van der Waals surface area (Å²) in [5.74, 6) is 0. The molecule has 7 nitrogen and oxygen atoms in total. The summed E-state index contributed by atoms with van der Waals surface area (Å²) >= 11 is 0. The highest BCUT2D eigenvalue weighted by atomic mass is 16.3. The van der Waals surface area contributed by atoms with Crippen molar-refractivity contribution >= 4 is 0 Å².